The molecule has 2 rings (SSSR count). The standard InChI is InChI=1S/C13H16ClNOS/c1-9-6-10(14)2-3-11(9)16-8-13(4-5-13)7-12(15)17/h2-3,6H,4-5,7-8H2,1H3,(H2,15,17). The summed E-state index contributed by atoms with van der Waals surface area (Å²) in [5.41, 5.74) is 6.85. The Morgan fingerprint density at radius 3 is 2.76 bits per heavy atom. The van der Waals surface area contributed by atoms with Gasteiger partial charge in [0.25, 0.3) is 0 Å². The first kappa shape index (κ1) is 12.7. The predicted molar refractivity (Wildman–Crippen MR) is 74.8 cm³/mol. The zero-order valence-electron chi connectivity index (χ0n) is 9.83. The van der Waals surface area contributed by atoms with Gasteiger partial charge in [0.05, 0.1) is 11.6 Å². The summed E-state index contributed by atoms with van der Waals surface area (Å²) < 4.78 is 5.85. The summed E-state index contributed by atoms with van der Waals surface area (Å²) >= 11 is 10.9. The number of ether oxygens (including phenoxy) is 1. The topological polar surface area (TPSA) is 35.2 Å². The van der Waals surface area contributed by atoms with E-state index in [4.69, 9.17) is 34.3 Å². The van der Waals surface area contributed by atoms with E-state index in [1.807, 2.05) is 25.1 Å². The zero-order chi connectivity index (χ0) is 12.5. The van der Waals surface area contributed by atoms with Crippen molar-refractivity contribution < 1.29 is 4.74 Å². The van der Waals surface area contributed by atoms with E-state index in [9.17, 15) is 0 Å². The van der Waals surface area contributed by atoms with Crippen LogP contribution in [0.3, 0.4) is 0 Å². The summed E-state index contributed by atoms with van der Waals surface area (Å²) in [6, 6.07) is 5.66. The number of hydrogen-bond acceptors (Lipinski definition) is 2. The van der Waals surface area contributed by atoms with Gasteiger partial charge >= 0.3 is 0 Å². The number of nitrogens with two attached hydrogens (primary N) is 1. The van der Waals surface area contributed by atoms with Crippen molar-refractivity contribution in [3.05, 3.63) is 28.8 Å². The third kappa shape index (κ3) is 3.33. The highest BCUT2D eigenvalue weighted by molar-refractivity contribution is 7.80. The lowest BCUT2D eigenvalue weighted by molar-refractivity contribution is 0.238. The molecule has 1 aliphatic rings. The SMILES string of the molecule is Cc1cc(Cl)ccc1OCC1(CC(N)=S)CC1. The molecule has 0 heterocycles. The highest BCUT2D eigenvalue weighted by atomic mass is 35.5. The molecular formula is C13H16ClNOS. The van der Waals surface area contributed by atoms with Gasteiger partial charge < -0.3 is 10.5 Å². The smallest absolute Gasteiger partial charge is 0.122 e. The molecule has 2 nitrogen and oxygen atoms in total. The maximum Gasteiger partial charge on any atom is 0.122 e. The van der Waals surface area contributed by atoms with Crippen LogP contribution < -0.4 is 10.5 Å². The molecule has 1 aromatic carbocycles. The van der Waals surface area contributed by atoms with E-state index in [1.54, 1.807) is 0 Å². The van der Waals surface area contributed by atoms with Crippen molar-refractivity contribution in [2.24, 2.45) is 11.1 Å². The average Bonchev–Trinajstić information content (AvgIpc) is 2.96. The first-order chi connectivity index (χ1) is 8.01. The number of benzene rings is 1. The van der Waals surface area contributed by atoms with Crippen LogP contribution in [0, 0.1) is 12.3 Å². The lowest BCUT2D eigenvalue weighted by Crippen LogP contribution is -2.21. The van der Waals surface area contributed by atoms with Crippen molar-refractivity contribution in [1.82, 2.24) is 0 Å². The predicted octanol–water partition coefficient (Wildman–Crippen LogP) is 3.48. The summed E-state index contributed by atoms with van der Waals surface area (Å²) in [7, 11) is 0. The molecule has 0 aliphatic heterocycles. The van der Waals surface area contributed by atoms with Gasteiger partial charge in [-0.2, -0.15) is 0 Å². The number of rotatable bonds is 5. The molecular weight excluding hydrogens is 254 g/mol. The molecule has 0 radical (unpaired) electrons. The van der Waals surface area contributed by atoms with Gasteiger partial charge in [0.2, 0.25) is 0 Å². The molecule has 1 aromatic rings. The van der Waals surface area contributed by atoms with Gasteiger partial charge in [-0.25, -0.2) is 0 Å². The van der Waals surface area contributed by atoms with Crippen molar-refractivity contribution in [3.63, 3.8) is 0 Å². The third-order valence-electron chi connectivity index (χ3n) is 3.18. The Bertz CT molecular complexity index is 443. The van der Waals surface area contributed by atoms with E-state index in [-0.39, 0.29) is 5.41 Å². The molecule has 17 heavy (non-hydrogen) atoms. The van der Waals surface area contributed by atoms with E-state index >= 15 is 0 Å². The largest absolute Gasteiger partial charge is 0.493 e. The molecule has 1 fully saturated rings. The quantitative estimate of drug-likeness (QED) is 0.831. The zero-order valence-corrected chi connectivity index (χ0v) is 11.4. The van der Waals surface area contributed by atoms with Crippen LogP contribution in [-0.4, -0.2) is 11.6 Å². The van der Waals surface area contributed by atoms with E-state index in [2.05, 4.69) is 0 Å². The molecule has 0 bridgehead atoms. The Balaban J connectivity index is 1.96. The maximum atomic E-state index is 5.90. The highest BCUT2D eigenvalue weighted by Crippen LogP contribution is 2.49. The van der Waals surface area contributed by atoms with Crippen molar-refractivity contribution in [2.75, 3.05) is 6.61 Å². The van der Waals surface area contributed by atoms with Crippen molar-refractivity contribution in [3.8, 4) is 5.75 Å². The number of thiocarbonyl (C=S) groups is 1. The summed E-state index contributed by atoms with van der Waals surface area (Å²) in [5.74, 6) is 0.892. The van der Waals surface area contributed by atoms with Gasteiger partial charge in [-0.05, 0) is 43.5 Å². The van der Waals surface area contributed by atoms with Gasteiger partial charge in [-0.15, -0.1) is 0 Å². The molecule has 92 valence electrons. The van der Waals surface area contributed by atoms with Crippen molar-refractivity contribution >= 4 is 28.8 Å². The lowest BCUT2D eigenvalue weighted by Gasteiger charge is -2.16. The minimum atomic E-state index is 0.192. The van der Waals surface area contributed by atoms with Crippen LogP contribution >= 0.6 is 23.8 Å². The fourth-order valence-corrected chi connectivity index (χ4v) is 2.46. The van der Waals surface area contributed by atoms with Gasteiger partial charge in [-0.1, -0.05) is 23.8 Å². The van der Waals surface area contributed by atoms with Crippen LogP contribution in [0.5, 0.6) is 5.75 Å². The Hall–Kier alpha value is -0.800. The monoisotopic (exact) mass is 269 g/mol. The normalized spacial score (nSPS) is 16.6. The number of aryl methyl sites for hydroxylation is 1. The lowest BCUT2D eigenvalue weighted by atomic mass is 10.0. The van der Waals surface area contributed by atoms with E-state index in [1.165, 1.54) is 0 Å². The fraction of sp³-hybridized carbons (Fsp3) is 0.462. The first-order valence-corrected chi connectivity index (χ1v) is 6.47. The second-order valence-corrected chi connectivity index (χ2v) is 5.80. The Kier molecular flexibility index (Phi) is 3.59. The second kappa shape index (κ2) is 4.83. The molecule has 2 N–H and O–H groups in total. The van der Waals surface area contributed by atoms with E-state index in [0.717, 1.165) is 35.6 Å². The minimum absolute atomic E-state index is 0.192. The number of halogens is 1. The third-order valence-corrected chi connectivity index (χ3v) is 3.56. The molecule has 0 spiro atoms. The highest BCUT2D eigenvalue weighted by Gasteiger charge is 2.43. The molecule has 0 unspecified atom stereocenters. The Morgan fingerprint density at radius 1 is 1.53 bits per heavy atom. The van der Waals surface area contributed by atoms with Crippen LogP contribution in [0.1, 0.15) is 24.8 Å². The van der Waals surface area contributed by atoms with Crippen LogP contribution in [0.15, 0.2) is 18.2 Å². The minimum Gasteiger partial charge on any atom is -0.493 e. The Labute approximate surface area is 112 Å². The van der Waals surface area contributed by atoms with Gasteiger partial charge in [-0.3, -0.25) is 0 Å². The van der Waals surface area contributed by atoms with Crippen molar-refractivity contribution in [1.29, 1.82) is 0 Å². The molecule has 0 aromatic heterocycles. The molecule has 0 amide bonds. The van der Waals surface area contributed by atoms with E-state index in [0.29, 0.717) is 11.6 Å². The Morgan fingerprint density at radius 2 is 2.24 bits per heavy atom. The summed E-state index contributed by atoms with van der Waals surface area (Å²) in [6.07, 6.45) is 3.09. The van der Waals surface area contributed by atoms with Gasteiger partial charge in [0.15, 0.2) is 0 Å². The molecule has 1 saturated carbocycles. The maximum absolute atomic E-state index is 5.90. The van der Waals surface area contributed by atoms with Crippen molar-refractivity contribution in [2.45, 2.75) is 26.2 Å². The van der Waals surface area contributed by atoms with E-state index < -0.39 is 0 Å². The summed E-state index contributed by atoms with van der Waals surface area (Å²) in [6.45, 7) is 2.68. The van der Waals surface area contributed by atoms with Crippen LogP contribution in [0.25, 0.3) is 0 Å². The molecule has 0 atom stereocenters. The van der Waals surface area contributed by atoms with Crippen LogP contribution in [0.4, 0.5) is 0 Å². The summed E-state index contributed by atoms with van der Waals surface area (Å²) in [4.78, 5) is 0.582. The molecule has 1 aliphatic carbocycles. The van der Waals surface area contributed by atoms with Gasteiger partial charge in [0.1, 0.15) is 5.75 Å². The molecule has 0 saturated heterocycles. The fourth-order valence-electron chi connectivity index (χ4n) is 1.92. The average molecular weight is 270 g/mol. The van der Waals surface area contributed by atoms with Crippen LogP contribution in [0.2, 0.25) is 5.02 Å². The summed E-state index contributed by atoms with van der Waals surface area (Å²) in [5, 5.41) is 0.735. The van der Waals surface area contributed by atoms with Gasteiger partial charge in [0, 0.05) is 16.9 Å². The second-order valence-electron chi connectivity index (χ2n) is 4.84. The number of hydrogen-bond donors (Lipinski definition) is 1. The first-order valence-electron chi connectivity index (χ1n) is 5.68. The molecule has 4 heteroatoms. The van der Waals surface area contributed by atoms with Crippen LogP contribution in [-0.2, 0) is 0 Å².